The second-order valence-corrected chi connectivity index (χ2v) is 6.41. The fourth-order valence-electron chi connectivity index (χ4n) is 1.53. The van der Waals surface area contributed by atoms with Crippen molar-refractivity contribution < 1.29 is 8.42 Å². The smallest absolute Gasteiger partial charge is 0.178 e. The Kier molecular flexibility index (Phi) is 5.00. The standard InChI is InChI=1S/C13H21NO2S/c1-4-10-17(15,16)13-8-6-12(7-9-13)14-11(3)5-2/h6-9,11,14H,4-5,10H2,1-3H3. The lowest BCUT2D eigenvalue weighted by Gasteiger charge is -2.13. The van der Waals surface area contributed by atoms with Gasteiger partial charge in [-0.15, -0.1) is 0 Å². The van der Waals surface area contributed by atoms with Crippen molar-refractivity contribution in [3.8, 4) is 0 Å². The summed E-state index contributed by atoms with van der Waals surface area (Å²) in [7, 11) is -3.09. The van der Waals surface area contributed by atoms with Crippen LogP contribution >= 0.6 is 0 Å². The summed E-state index contributed by atoms with van der Waals surface area (Å²) >= 11 is 0. The van der Waals surface area contributed by atoms with Crippen molar-refractivity contribution in [2.24, 2.45) is 0 Å². The molecule has 0 amide bonds. The molecule has 1 unspecified atom stereocenters. The van der Waals surface area contributed by atoms with E-state index in [4.69, 9.17) is 0 Å². The maximum absolute atomic E-state index is 11.8. The van der Waals surface area contributed by atoms with Crippen LogP contribution < -0.4 is 5.32 Å². The normalized spacial score (nSPS) is 13.4. The van der Waals surface area contributed by atoms with E-state index in [1.165, 1.54) is 0 Å². The van der Waals surface area contributed by atoms with Crippen molar-refractivity contribution in [1.82, 2.24) is 0 Å². The summed E-state index contributed by atoms with van der Waals surface area (Å²) in [4.78, 5) is 0.411. The van der Waals surface area contributed by atoms with Crippen LogP contribution in [0, 0.1) is 0 Å². The molecule has 0 radical (unpaired) electrons. The van der Waals surface area contributed by atoms with Crippen LogP contribution in [0.2, 0.25) is 0 Å². The lowest BCUT2D eigenvalue weighted by molar-refractivity contribution is 0.595. The molecule has 0 bridgehead atoms. The summed E-state index contributed by atoms with van der Waals surface area (Å²) in [5, 5.41) is 3.31. The number of hydrogen-bond donors (Lipinski definition) is 1. The number of hydrogen-bond acceptors (Lipinski definition) is 3. The van der Waals surface area contributed by atoms with Gasteiger partial charge in [0.25, 0.3) is 0 Å². The molecule has 0 aromatic heterocycles. The first kappa shape index (κ1) is 14.0. The molecule has 1 rings (SSSR count). The molecular weight excluding hydrogens is 234 g/mol. The van der Waals surface area contributed by atoms with Crippen molar-refractivity contribution in [1.29, 1.82) is 0 Å². The fourth-order valence-corrected chi connectivity index (χ4v) is 2.86. The highest BCUT2D eigenvalue weighted by molar-refractivity contribution is 7.91. The van der Waals surface area contributed by atoms with Gasteiger partial charge in [0.1, 0.15) is 0 Å². The van der Waals surface area contributed by atoms with E-state index in [2.05, 4.69) is 19.2 Å². The van der Waals surface area contributed by atoms with Crippen molar-refractivity contribution in [3.63, 3.8) is 0 Å². The van der Waals surface area contributed by atoms with Gasteiger partial charge in [0, 0.05) is 11.7 Å². The van der Waals surface area contributed by atoms with E-state index in [-0.39, 0.29) is 5.75 Å². The molecule has 4 heteroatoms. The summed E-state index contributed by atoms with van der Waals surface area (Å²) in [5.41, 5.74) is 0.967. The quantitative estimate of drug-likeness (QED) is 0.849. The second-order valence-electron chi connectivity index (χ2n) is 4.30. The fraction of sp³-hybridized carbons (Fsp3) is 0.538. The first-order valence-electron chi connectivity index (χ1n) is 6.09. The predicted molar refractivity (Wildman–Crippen MR) is 72.2 cm³/mol. The van der Waals surface area contributed by atoms with Crippen LogP contribution in [0.1, 0.15) is 33.6 Å². The van der Waals surface area contributed by atoms with Gasteiger partial charge in [-0.25, -0.2) is 8.42 Å². The number of sulfone groups is 1. The maximum Gasteiger partial charge on any atom is 0.178 e. The molecule has 0 aliphatic carbocycles. The average Bonchev–Trinajstić information content (AvgIpc) is 2.29. The van der Waals surface area contributed by atoms with Gasteiger partial charge in [0.2, 0.25) is 0 Å². The topological polar surface area (TPSA) is 46.2 Å². The van der Waals surface area contributed by atoms with E-state index in [0.717, 1.165) is 12.1 Å². The van der Waals surface area contributed by atoms with E-state index < -0.39 is 9.84 Å². The van der Waals surface area contributed by atoms with E-state index in [1.54, 1.807) is 12.1 Å². The molecule has 1 atom stereocenters. The molecule has 0 saturated heterocycles. The van der Waals surface area contributed by atoms with Crippen LogP contribution in [-0.4, -0.2) is 20.2 Å². The Hall–Kier alpha value is -1.03. The Bertz CT molecular complexity index is 437. The summed E-state index contributed by atoms with van der Waals surface area (Å²) in [6.45, 7) is 6.08. The van der Waals surface area contributed by atoms with Crippen LogP contribution in [0.5, 0.6) is 0 Å². The van der Waals surface area contributed by atoms with E-state index in [9.17, 15) is 8.42 Å². The molecule has 1 N–H and O–H groups in total. The van der Waals surface area contributed by atoms with Crippen molar-refractivity contribution >= 4 is 15.5 Å². The van der Waals surface area contributed by atoms with E-state index in [0.29, 0.717) is 17.4 Å². The molecule has 1 aromatic carbocycles. The van der Waals surface area contributed by atoms with Crippen molar-refractivity contribution in [3.05, 3.63) is 24.3 Å². The number of rotatable bonds is 6. The highest BCUT2D eigenvalue weighted by Gasteiger charge is 2.12. The van der Waals surface area contributed by atoms with Gasteiger partial charge in [-0.1, -0.05) is 13.8 Å². The van der Waals surface area contributed by atoms with Gasteiger partial charge in [-0.2, -0.15) is 0 Å². The minimum atomic E-state index is -3.09. The van der Waals surface area contributed by atoms with Gasteiger partial charge in [-0.05, 0) is 44.0 Å². The minimum absolute atomic E-state index is 0.213. The Labute approximate surface area is 104 Å². The predicted octanol–water partition coefficient (Wildman–Crippen LogP) is 3.08. The van der Waals surface area contributed by atoms with Crippen molar-refractivity contribution in [2.75, 3.05) is 11.1 Å². The van der Waals surface area contributed by atoms with Crippen LogP contribution in [0.4, 0.5) is 5.69 Å². The third-order valence-corrected chi connectivity index (χ3v) is 4.65. The number of benzene rings is 1. The van der Waals surface area contributed by atoms with Crippen LogP contribution in [0.3, 0.4) is 0 Å². The van der Waals surface area contributed by atoms with Gasteiger partial charge in [0.15, 0.2) is 9.84 Å². The molecule has 0 aliphatic rings. The minimum Gasteiger partial charge on any atom is -0.383 e. The summed E-state index contributed by atoms with van der Waals surface area (Å²) < 4.78 is 23.6. The highest BCUT2D eigenvalue weighted by Crippen LogP contribution is 2.17. The zero-order valence-corrected chi connectivity index (χ0v) is 11.5. The van der Waals surface area contributed by atoms with Gasteiger partial charge < -0.3 is 5.32 Å². The molecule has 17 heavy (non-hydrogen) atoms. The molecule has 0 saturated carbocycles. The average molecular weight is 255 g/mol. The van der Waals surface area contributed by atoms with Gasteiger partial charge in [0.05, 0.1) is 10.6 Å². The SMILES string of the molecule is CCCS(=O)(=O)c1ccc(NC(C)CC)cc1. The Morgan fingerprint density at radius 3 is 2.24 bits per heavy atom. The van der Waals surface area contributed by atoms with Gasteiger partial charge in [-0.3, -0.25) is 0 Å². The number of anilines is 1. The summed E-state index contributed by atoms with van der Waals surface area (Å²) in [6, 6.07) is 7.41. The zero-order chi connectivity index (χ0) is 12.9. The van der Waals surface area contributed by atoms with Crippen LogP contribution in [0.15, 0.2) is 29.2 Å². The molecule has 96 valence electrons. The molecule has 0 aliphatic heterocycles. The first-order chi connectivity index (χ1) is 7.99. The lowest BCUT2D eigenvalue weighted by Crippen LogP contribution is -2.13. The van der Waals surface area contributed by atoms with Crippen LogP contribution in [0.25, 0.3) is 0 Å². The summed E-state index contributed by atoms with van der Waals surface area (Å²) in [6.07, 6.45) is 1.69. The first-order valence-corrected chi connectivity index (χ1v) is 7.74. The molecule has 0 fully saturated rings. The maximum atomic E-state index is 11.8. The van der Waals surface area contributed by atoms with E-state index >= 15 is 0 Å². The summed E-state index contributed by atoms with van der Waals surface area (Å²) in [5.74, 6) is 0.213. The third kappa shape index (κ3) is 4.04. The van der Waals surface area contributed by atoms with E-state index in [1.807, 2.05) is 19.1 Å². The molecule has 1 aromatic rings. The second kappa shape index (κ2) is 6.05. The third-order valence-electron chi connectivity index (χ3n) is 2.71. The Morgan fingerprint density at radius 1 is 1.18 bits per heavy atom. The monoisotopic (exact) mass is 255 g/mol. The molecule has 0 spiro atoms. The Balaban J connectivity index is 2.81. The van der Waals surface area contributed by atoms with Crippen LogP contribution in [-0.2, 0) is 9.84 Å². The lowest BCUT2D eigenvalue weighted by atomic mass is 10.2. The zero-order valence-electron chi connectivity index (χ0n) is 10.7. The molecule has 0 heterocycles. The molecular formula is C13H21NO2S. The van der Waals surface area contributed by atoms with Gasteiger partial charge >= 0.3 is 0 Å². The number of nitrogens with one attached hydrogen (secondary N) is 1. The Morgan fingerprint density at radius 2 is 1.76 bits per heavy atom. The largest absolute Gasteiger partial charge is 0.383 e. The van der Waals surface area contributed by atoms with Crippen molar-refractivity contribution in [2.45, 2.75) is 44.6 Å². The highest BCUT2D eigenvalue weighted by atomic mass is 32.2. The molecule has 3 nitrogen and oxygen atoms in total.